The monoisotopic (exact) mass is 483 g/mol. The lowest BCUT2D eigenvalue weighted by molar-refractivity contribution is -0.112. The molecule has 1 amide bonds. The molecule has 0 fully saturated rings. The highest BCUT2D eigenvalue weighted by atomic mass is 79.9. The third kappa shape index (κ3) is 4.66. The summed E-state index contributed by atoms with van der Waals surface area (Å²) < 4.78 is 3.18. The molecule has 1 aromatic heterocycles. The number of anilines is 1. The van der Waals surface area contributed by atoms with E-state index in [0.29, 0.717) is 12.2 Å². The number of amides is 1. The second kappa shape index (κ2) is 9.25. The van der Waals surface area contributed by atoms with Crippen LogP contribution in [0, 0.1) is 25.2 Å². The van der Waals surface area contributed by atoms with Gasteiger partial charge in [-0.15, -0.1) is 0 Å². The summed E-state index contributed by atoms with van der Waals surface area (Å²) in [5.41, 5.74) is 5.91. The molecule has 0 aliphatic heterocycles. The van der Waals surface area contributed by atoms with E-state index < -0.39 is 5.91 Å². The van der Waals surface area contributed by atoms with Crippen molar-refractivity contribution >= 4 is 44.5 Å². The minimum atomic E-state index is -0.413. The quantitative estimate of drug-likeness (QED) is 0.256. The van der Waals surface area contributed by atoms with Gasteiger partial charge in [-0.25, -0.2) is 0 Å². The number of benzene rings is 3. The molecular weight excluding hydrogens is 462 g/mol. The molecule has 0 unspecified atom stereocenters. The first-order valence-corrected chi connectivity index (χ1v) is 11.1. The number of para-hydroxylation sites is 1. The van der Waals surface area contributed by atoms with Gasteiger partial charge in [-0.05, 0) is 55.3 Å². The summed E-state index contributed by atoms with van der Waals surface area (Å²) in [6.45, 7) is 4.63. The van der Waals surface area contributed by atoms with Crippen LogP contribution in [-0.2, 0) is 11.3 Å². The number of hydrogen-bond acceptors (Lipinski definition) is 2. The molecule has 5 heteroatoms. The number of carbonyl (C=O) groups is 1. The minimum absolute atomic E-state index is 0.0662. The number of halogens is 1. The number of hydrogen-bond donors (Lipinski definition) is 1. The van der Waals surface area contributed by atoms with E-state index in [2.05, 4.69) is 44.0 Å². The van der Waals surface area contributed by atoms with E-state index in [1.54, 1.807) is 6.08 Å². The van der Waals surface area contributed by atoms with Crippen LogP contribution in [0.2, 0.25) is 0 Å². The molecule has 0 aliphatic rings. The SMILES string of the molecule is Cc1ccc(NC(=O)/C(C#N)=C\c2cn(Cc3ccc(Br)cc3)c3ccccc23)c(C)c1. The van der Waals surface area contributed by atoms with Crippen molar-refractivity contribution in [2.45, 2.75) is 20.4 Å². The Hall–Kier alpha value is -3.62. The third-order valence-electron chi connectivity index (χ3n) is 5.38. The van der Waals surface area contributed by atoms with Crippen LogP contribution in [-0.4, -0.2) is 10.5 Å². The molecule has 0 spiro atoms. The summed E-state index contributed by atoms with van der Waals surface area (Å²) in [6.07, 6.45) is 3.66. The first-order valence-electron chi connectivity index (χ1n) is 10.3. The van der Waals surface area contributed by atoms with Gasteiger partial charge < -0.3 is 9.88 Å². The zero-order chi connectivity index (χ0) is 22.7. The Balaban J connectivity index is 1.67. The van der Waals surface area contributed by atoms with Crippen molar-refractivity contribution in [2.24, 2.45) is 0 Å². The van der Waals surface area contributed by atoms with Crippen molar-refractivity contribution < 1.29 is 4.79 Å². The zero-order valence-electron chi connectivity index (χ0n) is 17.9. The van der Waals surface area contributed by atoms with E-state index in [9.17, 15) is 10.1 Å². The van der Waals surface area contributed by atoms with E-state index in [4.69, 9.17) is 0 Å². The number of nitrogens with zero attached hydrogens (tertiary/aromatic N) is 2. The van der Waals surface area contributed by atoms with Gasteiger partial charge in [0.2, 0.25) is 0 Å². The van der Waals surface area contributed by atoms with Gasteiger partial charge in [-0.2, -0.15) is 5.26 Å². The average Bonchev–Trinajstić information content (AvgIpc) is 3.12. The van der Waals surface area contributed by atoms with E-state index >= 15 is 0 Å². The number of rotatable bonds is 5. The summed E-state index contributed by atoms with van der Waals surface area (Å²) in [5, 5.41) is 13.6. The van der Waals surface area contributed by atoms with Gasteiger partial charge >= 0.3 is 0 Å². The van der Waals surface area contributed by atoms with Gasteiger partial charge in [0.25, 0.3) is 5.91 Å². The molecule has 1 heterocycles. The molecule has 3 aromatic carbocycles. The van der Waals surface area contributed by atoms with Crippen LogP contribution in [0.3, 0.4) is 0 Å². The third-order valence-corrected chi connectivity index (χ3v) is 5.91. The topological polar surface area (TPSA) is 57.8 Å². The highest BCUT2D eigenvalue weighted by Gasteiger charge is 2.14. The summed E-state index contributed by atoms with van der Waals surface area (Å²) in [7, 11) is 0. The van der Waals surface area contributed by atoms with E-state index in [1.807, 2.05) is 74.6 Å². The van der Waals surface area contributed by atoms with Crippen molar-refractivity contribution in [1.82, 2.24) is 4.57 Å². The molecule has 0 atom stereocenters. The Morgan fingerprint density at radius 2 is 1.84 bits per heavy atom. The number of nitriles is 1. The molecule has 0 saturated carbocycles. The fourth-order valence-corrected chi connectivity index (χ4v) is 4.02. The summed E-state index contributed by atoms with van der Waals surface area (Å²) in [6, 6.07) is 24.1. The fraction of sp³-hybridized carbons (Fsp3) is 0.111. The first-order chi connectivity index (χ1) is 15.4. The molecule has 0 radical (unpaired) electrons. The van der Waals surface area contributed by atoms with Crippen LogP contribution in [0.25, 0.3) is 17.0 Å². The maximum atomic E-state index is 12.8. The van der Waals surface area contributed by atoms with Gasteiger partial charge in [0, 0.05) is 39.4 Å². The maximum Gasteiger partial charge on any atom is 0.266 e. The Morgan fingerprint density at radius 3 is 2.56 bits per heavy atom. The highest BCUT2D eigenvalue weighted by molar-refractivity contribution is 9.10. The van der Waals surface area contributed by atoms with Crippen molar-refractivity contribution in [3.8, 4) is 6.07 Å². The van der Waals surface area contributed by atoms with Crippen LogP contribution in [0.15, 0.2) is 83.0 Å². The van der Waals surface area contributed by atoms with Crippen molar-refractivity contribution in [3.63, 3.8) is 0 Å². The number of aromatic nitrogens is 1. The Bertz CT molecular complexity index is 1370. The Labute approximate surface area is 195 Å². The molecule has 0 bridgehead atoms. The van der Waals surface area contributed by atoms with Crippen molar-refractivity contribution in [2.75, 3.05) is 5.32 Å². The number of nitrogens with one attached hydrogen (secondary N) is 1. The lowest BCUT2D eigenvalue weighted by Crippen LogP contribution is -2.14. The fourth-order valence-electron chi connectivity index (χ4n) is 3.76. The van der Waals surface area contributed by atoms with Crippen LogP contribution in [0.4, 0.5) is 5.69 Å². The largest absolute Gasteiger partial charge is 0.342 e. The van der Waals surface area contributed by atoms with Crippen LogP contribution in [0.1, 0.15) is 22.3 Å². The maximum absolute atomic E-state index is 12.8. The summed E-state index contributed by atoms with van der Waals surface area (Å²) >= 11 is 3.47. The molecule has 158 valence electrons. The van der Waals surface area contributed by atoms with E-state index in [0.717, 1.165) is 37.6 Å². The number of fused-ring (bicyclic) bond motifs is 1. The average molecular weight is 484 g/mol. The lowest BCUT2D eigenvalue weighted by Gasteiger charge is -2.08. The summed E-state index contributed by atoms with van der Waals surface area (Å²) in [4.78, 5) is 12.8. The van der Waals surface area contributed by atoms with Gasteiger partial charge in [0.15, 0.2) is 0 Å². The van der Waals surface area contributed by atoms with E-state index in [1.165, 1.54) is 0 Å². The highest BCUT2D eigenvalue weighted by Crippen LogP contribution is 2.25. The normalized spacial score (nSPS) is 11.4. The van der Waals surface area contributed by atoms with Crippen LogP contribution >= 0.6 is 15.9 Å². The molecule has 4 aromatic rings. The molecule has 1 N–H and O–H groups in total. The second-order valence-corrected chi connectivity index (χ2v) is 8.71. The lowest BCUT2D eigenvalue weighted by atomic mass is 10.1. The standard InChI is InChI=1S/C27H22BrN3O/c1-18-7-12-25(19(2)13-18)30-27(32)21(15-29)14-22-17-31(26-6-4-3-5-24(22)26)16-20-8-10-23(28)11-9-20/h3-14,17H,16H2,1-2H3,(H,30,32)/b21-14-. The van der Waals surface area contributed by atoms with Crippen LogP contribution in [0.5, 0.6) is 0 Å². The number of carbonyl (C=O) groups excluding carboxylic acids is 1. The van der Waals surface area contributed by atoms with Gasteiger partial charge in [-0.3, -0.25) is 4.79 Å². The van der Waals surface area contributed by atoms with Crippen molar-refractivity contribution in [1.29, 1.82) is 5.26 Å². The van der Waals surface area contributed by atoms with Gasteiger partial charge in [0.1, 0.15) is 11.6 Å². The minimum Gasteiger partial charge on any atom is -0.342 e. The molecule has 0 aliphatic carbocycles. The van der Waals surface area contributed by atoms with Crippen molar-refractivity contribution in [3.05, 3.63) is 105 Å². The van der Waals surface area contributed by atoms with E-state index in [-0.39, 0.29) is 5.57 Å². The predicted molar refractivity (Wildman–Crippen MR) is 133 cm³/mol. The molecular formula is C27H22BrN3O. The Kier molecular flexibility index (Phi) is 6.25. The number of aryl methyl sites for hydroxylation is 2. The van der Waals surface area contributed by atoms with Gasteiger partial charge in [-0.1, -0.05) is 64.0 Å². The molecule has 32 heavy (non-hydrogen) atoms. The smallest absolute Gasteiger partial charge is 0.266 e. The molecule has 0 saturated heterocycles. The second-order valence-electron chi connectivity index (χ2n) is 7.80. The zero-order valence-corrected chi connectivity index (χ0v) is 19.5. The Morgan fingerprint density at radius 1 is 1.09 bits per heavy atom. The molecule has 4 rings (SSSR count). The first kappa shape index (κ1) is 21.6. The van der Waals surface area contributed by atoms with Crippen LogP contribution < -0.4 is 5.32 Å². The predicted octanol–water partition coefficient (Wildman–Crippen LogP) is 6.61. The van der Waals surface area contributed by atoms with Gasteiger partial charge in [0.05, 0.1) is 0 Å². The molecule has 4 nitrogen and oxygen atoms in total. The summed E-state index contributed by atoms with van der Waals surface area (Å²) in [5.74, 6) is -0.413.